The Kier molecular flexibility index (Phi) is 2.57. The van der Waals surface area contributed by atoms with E-state index in [1.165, 1.54) is 0 Å². The standard InChI is InChI=1S/C6H3I2O/c7-4-1-5(8)3-6(9)2-4/h1-3H. The number of hydrogen-bond acceptors (Lipinski definition) is 0. The fourth-order valence-corrected chi connectivity index (χ4v) is 2.41. The summed E-state index contributed by atoms with van der Waals surface area (Å²) >= 11 is 4.25. The average molecular weight is 345 g/mol. The summed E-state index contributed by atoms with van der Waals surface area (Å²) in [6.07, 6.45) is 0. The van der Waals surface area contributed by atoms with Crippen molar-refractivity contribution < 1.29 is 5.11 Å². The van der Waals surface area contributed by atoms with Crippen molar-refractivity contribution in [3.05, 3.63) is 25.3 Å². The van der Waals surface area contributed by atoms with Crippen molar-refractivity contribution in [2.45, 2.75) is 0 Å². The topological polar surface area (TPSA) is 19.9 Å². The molecule has 0 amide bonds. The maximum absolute atomic E-state index is 10.7. The fourth-order valence-electron chi connectivity index (χ4n) is 0.529. The molecular formula is C6H3I2O. The fraction of sp³-hybridized carbons (Fsp3) is 0. The smallest absolute Gasteiger partial charge is 0.180 e. The monoisotopic (exact) mass is 345 g/mol. The first-order valence-electron chi connectivity index (χ1n) is 2.31. The lowest BCUT2D eigenvalue weighted by Crippen LogP contribution is -1.72. The van der Waals surface area contributed by atoms with Gasteiger partial charge in [0, 0.05) is 7.14 Å². The highest BCUT2D eigenvalue weighted by atomic mass is 127. The van der Waals surface area contributed by atoms with Crippen LogP contribution in [-0.2, 0) is 5.11 Å². The second kappa shape index (κ2) is 3.05. The van der Waals surface area contributed by atoms with Crippen LogP contribution in [0.5, 0.6) is 5.75 Å². The predicted molar refractivity (Wildman–Crippen MR) is 52.0 cm³/mol. The molecule has 0 saturated carbocycles. The first-order valence-corrected chi connectivity index (χ1v) is 4.47. The molecule has 1 aromatic rings. The highest BCUT2D eigenvalue weighted by Crippen LogP contribution is 2.18. The quantitative estimate of drug-likeness (QED) is 0.645. The van der Waals surface area contributed by atoms with Crippen molar-refractivity contribution >= 4 is 45.2 Å². The molecule has 47 valence electrons. The first-order chi connectivity index (χ1) is 4.18. The Morgan fingerprint density at radius 2 is 1.44 bits per heavy atom. The van der Waals surface area contributed by atoms with Crippen LogP contribution in [0.3, 0.4) is 0 Å². The molecule has 0 bridgehead atoms. The van der Waals surface area contributed by atoms with E-state index in [2.05, 4.69) is 45.2 Å². The summed E-state index contributed by atoms with van der Waals surface area (Å²) in [7, 11) is 0. The van der Waals surface area contributed by atoms with Gasteiger partial charge < -0.3 is 0 Å². The molecule has 0 aromatic heterocycles. The van der Waals surface area contributed by atoms with Gasteiger partial charge in [0.1, 0.15) is 0 Å². The molecule has 3 heteroatoms. The first kappa shape index (κ1) is 7.59. The van der Waals surface area contributed by atoms with E-state index in [1.54, 1.807) is 12.1 Å². The van der Waals surface area contributed by atoms with Crippen LogP contribution in [0.2, 0.25) is 0 Å². The molecule has 0 saturated heterocycles. The molecule has 0 atom stereocenters. The summed E-state index contributed by atoms with van der Waals surface area (Å²) in [5.41, 5.74) is 0. The van der Waals surface area contributed by atoms with E-state index in [-0.39, 0.29) is 5.75 Å². The summed E-state index contributed by atoms with van der Waals surface area (Å²) in [5, 5.41) is 10.7. The Balaban J connectivity index is 3.17. The number of hydrogen-bond donors (Lipinski definition) is 0. The van der Waals surface area contributed by atoms with Gasteiger partial charge in [-0.25, -0.2) is 0 Å². The Labute approximate surface area is 80.7 Å². The third-order valence-corrected chi connectivity index (χ3v) is 2.08. The molecule has 0 heterocycles. The minimum atomic E-state index is 0.0892. The van der Waals surface area contributed by atoms with Gasteiger partial charge in [0.25, 0.3) is 0 Å². The maximum atomic E-state index is 10.7. The largest absolute Gasteiger partial charge is 0.290 e. The second-order valence-electron chi connectivity index (χ2n) is 1.61. The van der Waals surface area contributed by atoms with Gasteiger partial charge in [0.05, 0.1) is 0 Å². The third-order valence-electron chi connectivity index (χ3n) is 0.836. The third kappa shape index (κ3) is 2.29. The van der Waals surface area contributed by atoms with Gasteiger partial charge in [0.15, 0.2) is 5.75 Å². The molecule has 0 N–H and O–H groups in total. The zero-order chi connectivity index (χ0) is 6.85. The van der Waals surface area contributed by atoms with Gasteiger partial charge in [-0.05, 0) is 63.4 Å². The Morgan fingerprint density at radius 3 is 1.78 bits per heavy atom. The van der Waals surface area contributed by atoms with Crippen molar-refractivity contribution in [3.63, 3.8) is 0 Å². The molecule has 0 aliphatic heterocycles. The summed E-state index contributed by atoms with van der Waals surface area (Å²) in [5.74, 6) is 0.0892. The zero-order valence-corrected chi connectivity index (χ0v) is 8.71. The molecule has 0 fully saturated rings. The average Bonchev–Trinajstić information content (AvgIpc) is 1.59. The molecular weight excluding hydrogens is 342 g/mol. The van der Waals surface area contributed by atoms with Crippen LogP contribution in [0.4, 0.5) is 0 Å². The van der Waals surface area contributed by atoms with Crippen molar-refractivity contribution in [1.82, 2.24) is 0 Å². The normalized spacial score (nSPS) is 9.56. The van der Waals surface area contributed by atoms with E-state index in [0.717, 1.165) is 7.14 Å². The van der Waals surface area contributed by atoms with Gasteiger partial charge >= 0.3 is 0 Å². The Bertz CT molecular complexity index is 172. The minimum Gasteiger partial charge on any atom is -0.290 e. The van der Waals surface area contributed by atoms with Crippen molar-refractivity contribution in [3.8, 4) is 5.75 Å². The minimum absolute atomic E-state index is 0.0892. The Hall–Kier alpha value is 0.480. The highest BCUT2D eigenvalue weighted by molar-refractivity contribution is 14.1. The van der Waals surface area contributed by atoms with Crippen LogP contribution in [-0.4, -0.2) is 0 Å². The summed E-state index contributed by atoms with van der Waals surface area (Å²) in [4.78, 5) is 0. The van der Waals surface area contributed by atoms with Crippen LogP contribution >= 0.6 is 45.2 Å². The van der Waals surface area contributed by atoms with Gasteiger partial charge in [-0.1, -0.05) is 0 Å². The van der Waals surface area contributed by atoms with Gasteiger partial charge in [0.2, 0.25) is 0 Å². The van der Waals surface area contributed by atoms with E-state index in [0.29, 0.717) is 0 Å². The molecule has 1 rings (SSSR count). The van der Waals surface area contributed by atoms with Gasteiger partial charge in [-0.2, -0.15) is 0 Å². The summed E-state index contributed by atoms with van der Waals surface area (Å²) in [6.45, 7) is 0. The zero-order valence-electron chi connectivity index (χ0n) is 4.40. The van der Waals surface area contributed by atoms with E-state index >= 15 is 0 Å². The number of benzene rings is 1. The lowest BCUT2D eigenvalue weighted by molar-refractivity contribution is 0.354. The van der Waals surface area contributed by atoms with E-state index in [9.17, 15) is 5.11 Å². The lowest BCUT2D eigenvalue weighted by Gasteiger charge is -1.90. The van der Waals surface area contributed by atoms with Crippen LogP contribution in [0.1, 0.15) is 0 Å². The van der Waals surface area contributed by atoms with Crippen molar-refractivity contribution in [2.24, 2.45) is 0 Å². The molecule has 0 spiro atoms. The van der Waals surface area contributed by atoms with E-state index in [1.807, 2.05) is 6.07 Å². The predicted octanol–water partition coefficient (Wildman–Crippen LogP) is 3.04. The van der Waals surface area contributed by atoms with Crippen LogP contribution in [0.25, 0.3) is 0 Å². The van der Waals surface area contributed by atoms with Crippen LogP contribution in [0.15, 0.2) is 18.2 Å². The summed E-state index contributed by atoms with van der Waals surface area (Å²) in [6, 6.07) is 5.19. The Morgan fingerprint density at radius 1 is 1.00 bits per heavy atom. The molecule has 1 nitrogen and oxygen atoms in total. The molecule has 9 heavy (non-hydrogen) atoms. The SMILES string of the molecule is [O]c1cc(I)cc(I)c1. The summed E-state index contributed by atoms with van der Waals surface area (Å²) < 4.78 is 2.01. The highest BCUT2D eigenvalue weighted by Gasteiger charge is 1.94. The lowest BCUT2D eigenvalue weighted by atomic mass is 10.3. The molecule has 0 unspecified atom stereocenters. The molecule has 0 aliphatic carbocycles. The molecule has 1 aromatic carbocycles. The second-order valence-corrected chi connectivity index (χ2v) is 4.10. The van der Waals surface area contributed by atoms with E-state index < -0.39 is 0 Å². The number of halogens is 2. The van der Waals surface area contributed by atoms with E-state index in [4.69, 9.17) is 0 Å². The van der Waals surface area contributed by atoms with Crippen molar-refractivity contribution in [1.29, 1.82) is 0 Å². The van der Waals surface area contributed by atoms with Gasteiger partial charge in [-0.15, -0.1) is 0 Å². The van der Waals surface area contributed by atoms with Gasteiger partial charge in [-0.3, -0.25) is 5.11 Å². The maximum Gasteiger partial charge on any atom is 0.180 e. The number of rotatable bonds is 0. The molecule has 1 radical (unpaired) electrons. The van der Waals surface area contributed by atoms with Crippen LogP contribution < -0.4 is 0 Å². The van der Waals surface area contributed by atoms with Crippen LogP contribution in [0, 0.1) is 7.14 Å². The molecule has 0 aliphatic rings. The van der Waals surface area contributed by atoms with Crippen molar-refractivity contribution in [2.75, 3.05) is 0 Å².